The Morgan fingerprint density at radius 1 is 0.292 bits per heavy atom. The van der Waals surface area contributed by atoms with Crippen molar-refractivity contribution in [3.63, 3.8) is 0 Å². The molecular weight excluding hydrogens is 1160 g/mol. The molecule has 0 spiro atoms. The molecule has 0 fully saturated rings. The highest BCUT2D eigenvalue weighted by Gasteiger charge is 2.51. The monoisotopic (exact) mass is 1250 g/mol. The van der Waals surface area contributed by atoms with Gasteiger partial charge in [-0.05, 0) is 165 Å². The van der Waals surface area contributed by atoms with E-state index in [1.807, 2.05) is 179 Å². The summed E-state index contributed by atoms with van der Waals surface area (Å²) in [6.45, 7) is 10.6. The SMILES string of the molecule is [2H]c1c([2H])c([2H])c(-c2cc(C(C)(C)C)cc(-c3c([2H])c([2H])c([2H])c([2H])c3[2H])c2N2c3ccc(-c4ccccc4)cc3B3c4cc(-c5ccccc5)ccc4N(c4c(-c5c([2H])c([2H])c([2H])c([2H])c5[2H])cc(C(C)(C)C)cc4-c4c([2H])c([2H])c([2H])c([2H])c4[2H])c4cc(C5(c6ccccc6)c6ccccc6-c6ccccc65)cc2c43)c([2H])c1[2H]. The Hall–Kier alpha value is -11.3. The van der Waals surface area contributed by atoms with Gasteiger partial charge in [0.05, 0.1) is 44.2 Å². The van der Waals surface area contributed by atoms with Crippen molar-refractivity contribution in [1.82, 2.24) is 0 Å². The fourth-order valence-electron chi connectivity index (χ4n) is 15.0. The smallest absolute Gasteiger partial charge is 0.252 e. The minimum absolute atomic E-state index is 0.0189. The minimum Gasteiger partial charge on any atom is -0.310 e. The van der Waals surface area contributed by atoms with Gasteiger partial charge in [0.1, 0.15) is 0 Å². The molecule has 0 saturated heterocycles. The maximum absolute atomic E-state index is 10.2. The number of rotatable bonds is 10. The lowest BCUT2D eigenvalue weighted by Crippen LogP contribution is -2.61. The van der Waals surface area contributed by atoms with Crippen LogP contribution >= 0.6 is 0 Å². The predicted octanol–water partition coefficient (Wildman–Crippen LogP) is 22.7. The Morgan fingerprint density at radius 2 is 0.625 bits per heavy atom. The zero-order chi connectivity index (χ0) is 82.3. The van der Waals surface area contributed by atoms with Crippen LogP contribution in [0.25, 0.3) is 77.9 Å². The molecule has 0 aromatic heterocycles. The van der Waals surface area contributed by atoms with E-state index >= 15 is 0 Å². The molecule has 0 unspecified atom stereocenters. The van der Waals surface area contributed by atoms with Crippen molar-refractivity contribution in [2.45, 2.75) is 57.8 Å². The highest BCUT2D eigenvalue weighted by atomic mass is 15.2. The van der Waals surface area contributed by atoms with Gasteiger partial charge in [0, 0.05) is 45.0 Å². The van der Waals surface area contributed by atoms with Gasteiger partial charge in [-0.1, -0.05) is 326 Å². The van der Waals surface area contributed by atoms with Gasteiger partial charge < -0.3 is 9.80 Å². The van der Waals surface area contributed by atoms with E-state index < -0.39 is 144 Å². The zero-order valence-corrected chi connectivity index (χ0v) is 53.7. The van der Waals surface area contributed by atoms with Gasteiger partial charge in [0.25, 0.3) is 6.71 Å². The van der Waals surface area contributed by atoms with E-state index in [2.05, 4.69) is 60.7 Å². The van der Waals surface area contributed by atoms with Crippen LogP contribution in [-0.2, 0) is 16.2 Å². The fourth-order valence-corrected chi connectivity index (χ4v) is 15.0. The second kappa shape index (κ2) is 23.0. The molecule has 2 nitrogen and oxygen atoms in total. The van der Waals surface area contributed by atoms with Crippen LogP contribution in [0.4, 0.5) is 34.1 Å². The lowest BCUT2D eigenvalue weighted by molar-refractivity contribution is 0.590. The number of benzene rings is 14. The number of hydrogen-bond donors (Lipinski definition) is 0. The molecule has 3 aliphatic rings. The third-order valence-corrected chi connectivity index (χ3v) is 19.3. The Kier molecular flexibility index (Phi) is 9.78. The molecule has 0 radical (unpaired) electrons. The molecule has 17 rings (SSSR count). The fraction of sp³-hybridized carbons (Fsp3) is 0.0968. The van der Waals surface area contributed by atoms with Crippen molar-refractivity contribution < 1.29 is 27.4 Å². The Labute approximate surface area is 594 Å². The average Bonchev–Trinajstić information content (AvgIpc) is 1.05. The molecule has 0 bridgehead atoms. The van der Waals surface area contributed by atoms with E-state index in [1.165, 1.54) is 0 Å². The maximum Gasteiger partial charge on any atom is 0.252 e. The molecule has 0 saturated carbocycles. The Morgan fingerprint density at radius 3 is 0.979 bits per heavy atom. The number of anilines is 6. The lowest BCUT2D eigenvalue weighted by atomic mass is 9.33. The van der Waals surface area contributed by atoms with Gasteiger partial charge in [-0.3, -0.25) is 0 Å². The largest absolute Gasteiger partial charge is 0.310 e. The molecule has 2 heterocycles. The summed E-state index contributed by atoms with van der Waals surface area (Å²) in [7, 11) is 0. The summed E-state index contributed by atoms with van der Waals surface area (Å²) in [6.07, 6.45) is 0. The molecule has 0 N–H and O–H groups in total. The van der Waals surface area contributed by atoms with E-state index in [0.717, 1.165) is 50.1 Å². The maximum atomic E-state index is 10.2. The topological polar surface area (TPSA) is 6.48 Å². The first kappa shape index (κ1) is 40.8. The van der Waals surface area contributed by atoms with Crippen molar-refractivity contribution in [1.29, 1.82) is 0 Å². The van der Waals surface area contributed by atoms with Crippen LogP contribution in [0, 0.1) is 0 Å². The van der Waals surface area contributed by atoms with Crippen LogP contribution in [0.3, 0.4) is 0 Å². The van der Waals surface area contributed by atoms with Crippen molar-refractivity contribution in [2.75, 3.05) is 9.80 Å². The van der Waals surface area contributed by atoms with Crippen LogP contribution in [0.5, 0.6) is 0 Å². The van der Waals surface area contributed by atoms with Crippen molar-refractivity contribution in [3.8, 4) is 77.9 Å². The molecule has 0 atom stereocenters. The first-order valence-corrected chi connectivity index (χ1v) is 32.3. The Bertz CT molecular complexity index is 5910. The number of hydrogen-bond acceptors (Lipinski definition) is 2. The molecular formula is C93H73BN2. The normalized spacial score (nSPS) is 16.2. The zero-order valence-electron chi connectivity index (χ0n) is 73.7. The molecule has 458 valence electrons. The molecule has 1 aliphatic carbocycles. The Balaban J connectivity index is 1.19. The quantitative estimate of drug-likeness (QED) is 0.126. The summed E-state index contributed by atoms with van der Waals surface area (Å²) < 4.78 is 194. The first-order chi connectivity index (χ1) is 55.2. The molecule has 2 aliphatic heterocycles. The van der Waals surface area contributed by atoms with E-state index in [0.29, 0.717) is 55.8 Å². The van der Waals surface area contributed by atoms with E-state index in [4.69, 9.17) is 5.48 Å². The third kappa shape index (κ3) is 9.54. The van der Waals surface area contributed by atoms with E-state index in [1.54, 1.807) is 24.3 Å². The summed E-state index contributed by atoms with van der Waals surface area (Å²) in [6, 6.07) is 56.0. The molecule has 3 heteroatoms. The summed E-state index contributed by atoms with van der Waals surface area (Å²) in [4.78, 5) is 3.87. The molecule has 96 heavy (non-hydrogen) atoms. The molecule has 0 amide bonds. The van der Waals surface area contributed by atoms with Crippen molar-refractivity contribution in [2.24, 2.45) is 0 Å². The van der Waals surface area contributed by atoms with Crippen LogP contribution < -0.4 is 26.2 Å². The van der Waals surface area contributed by atoms with Gasteiger partial charge in [-0.25, -0.2) is 0 Å². The van der Waals surface area contributed by atoms with Crippen LogP contribution in [0.1, 0.15) is 102 Å². The van der Waals surface area contributed by atoms with Crippen LogP contribution in [-0.4, -0.2) is 6.71 Å². The summed E-state index contributed by atoms with van der Waals surface area (Å²) in [5.41, 5.74) is 8.02. The van der Waals surface area contributed by atoms with Gasteiger partial charge >= 0.3 is 0 Å². The summed E-state index contributed by atoms with van der Waals surface area (Å²) in [5, 5.41) is 0. The molecule has 14 aromatic rings. The van der Waals surface area contributed by atoms with Crippen LogP contribution in [0.2, 0.25) is 0 Å². The first-order valence-electron chi connectivity index (χ1n) is 42.3. The predicted molar refractivity (Wildman–Crippen MR) is 408 cm³/mol. The second-order valence-corrected chi connectivity index (χ2v) is 26.9. The third-order valence-electron chi connectivity index (χ3n) is 19.3. The average molecular weight is 1250 g/mol. The number of nitrogens with zero attached hydrogens (tertiary/aromatic N) is 2. The number of fused-ring (bicyclic) bond motifs is 7. The van der Waals surface area contributed by atoms with Gasteiger partial charge in [0.2, 0.25) is 0 Å². The highest BCUT2D eigenvalue weighted by Crippen LogP contribution is 2.60. The second-order valence-electron chi connectivity index (χ2n) is 26.9. The van der Waals surface area contributed by atoms with Crippen LogP contribution in [0.15, 0.2) is 333 Å². The summed E-state index contributed by atoms with van der Waals surface area (Å²) >= 11 is 0. The standard InChI is InChI=1S/C93H73BN2/c1-91(2,3)71-56-76(64-36-18-9-19-37-64)89(77(57-71)65-38-20-10-21-39-65)95-84-52-50-68(62-32-14-7-15-33-62)54-82(84)94-83-55-69(63-34-16-8-17-35-63)51-53-85(83)96(90-78(66-40-22-11-23-41-66)58-72(92(4,5)6)59-79(90)67-42-24-12-25-43-67)87-61-73(60-86(95)88(87)94)93(70-44-26-13-27-45-70)80-48-30-28-46-74(80)75-47-29-31-49-81(75)93/h7-61H,1-6H3/i9D,10D,11D,12D,18D,19D,20D,21D,22D,23D,24D,25D,36D,37D,38D,39D,40D,41D,42D,43D. The van der Waals surface area contributed by atoms with Crippen molar-refractivity contribution in [3.05, 3.63) is 367 Å². The lowest BCUT2D eigenvalue weighted by Gasteiger charge is -2.47. The van der Waals surface area contributed by atoms with Gasteiger partial charge in [-0.15, -0.1) is 0 Å². The van der Waals surface area contributed by atoms with Gasteiger partial charge in [-0.2, -0.15) is 0 Å². The highest BCUT2D eigenvalue weighted by molar-refractivity contribution is 7.00. The van der Waals surface area contributed by atoms with E-state index in [-0.39, 0.29) is 55.9 Å². The van der Waals surface area contributed by atoms with Crippen molar-refractivity contribution >= 4 is 57.2 Å². The summed E-state index contributed by atoms with van der Waals surface area (Å²) in [5.74, 6) is 0. The van der Waals surface area contributed by atoms with Gasteiger partial charge in [0.15, 0.2) is 0 Å². The van der Waals surface area contributed by atoms with E-state index in [9.17, 15) is 21.9 Å². The minimum atomic E-state index is -1.37. The molecule has 14 aromatic carbocycles.